The molecular formula is C15H14F3NO2. The number of methoxy groups -OCH3 is 2. The highest BCUT2D eigenvalue weighted by Gasteiger charge is 2.19. The molecule has 0 amide bonds. The predicted molar refractivity (Wildman–Crippen MR) is 71.9 cm³/mol. The Bertz CT molecular complexity index is 662. The summed E-state index contributed by atoms with van der Waals surface area (Å²) in [6.07, 6.45) is 0. The van der Waals surface area contributed by atoms with Crippen molar-refractivity contribution >= 4 is 0 Å². The van der Waals surface area contributed by atoms with Crippen LogP contribution in [-0.4, -0.2) is 14.2 Å². The molecule has 0 saturated heterocycles. The Balaban J connectivity index is 2.47. The zero-order valence-electron chi connectivity index (χ0n) is 11.5. The maximum absolute atomic E-state index is 14.1. The monoisotopic (exact) mass is 297 g/mol. The summed E-state index contributed by atoms with van der Waals surface area (Å²) in [7, 11) is 2.79. The Hall–Kier alpha value is -2.21. The lowest BCUT2D eigenvalue weighted by molar-refractivity contribution is 0.351. The maximum atomic E-state index is 14.1. The van der Waals surface area contributed by atoms with Crippen LogP contribution >= 0.6 is 0 Å². The Kier molecular flexibility index (Phi) is 4.37. The van der Waals surface area contributed by atoms with Gasteiger partial charge >= 0.3 is 0 Å². The number of benzene rings is 2. The average molecular weight is 297 g/mol. The molecule has 6 heteroatoms. The first-order valence-electron chi connectivity index (χ1n) is 6.10. The second-order valence-corrected chi connectivity index (χ2v) is 4.38. The molecule has 0 fully saturated rings. The molecule has 1 unspecified atom stereocenters. The van der Waals surface area contributed by atoms with E-state index in [0.717, 1.165) is 18.2 Å². The van der Waals surface area contributed by atoms with Crippen molar-refractivity contribution in [3.63, 3.8) is 0 Å². The van der Waals surface area contributed by atoms with Gasteiger partial charge in [0.25, 0.3) is 0 Å². The molecule has 0 radical (unpaired) electrons. The molecule has 21 heavy (non-hydrogen) atoms. The minimum Gasteiger partial charge on any atom is -0.493 e. The van der Waals surface area contributed by atoms with Gasteiger partial charge in [0.05, 0.1) is 20.3 Å². The molecule has 2 N–H and O–H groups in total. The molecule has 2 aromatic carbocycles. The van der Waals surface area contributed by atoms with Gasteiger partial charge in [0.15, 0.2) is 23.1 Å². The minimum atomic E-state index is -1.04. The molecule has 0 aromatic heterocycles. The van der Waals surface area contributed by atoms with E-state index < -0.39 is 23.5 Å². The summed E-state index contributed by atoms with van der Waals surface area (Å²) < 4.78 is 50.3. The van der Waals surface area contributed by atoms with Crippen LogP contribution in [0.5, 0.6) is 11.5 Å². The fourth-order valence-electron chi connectivity index (χ4n) is 1.99. The van der Waals surface area contributed by atoms with E-state index in [1.165, 1.54) is 26.4 Å². The summed E-state index contributed by atoms with van der Waals surface area (Å²) in [5, 5.41) is 0. The molecule has 3 nitrogen and oxygen atoms in total. The van der Waals surface area contributed by atoms with Crippen LogP contribution in [-0.2, 0) is 0 Å². The third-order valence-corrected chi connectivity index (χ3v) is 3.14. The van der Waals surface area contributed by atoms with Gasteiger partial charge in [0.1, 0.15) is 5.82 Å². The summed E-state index contributed by atoms with van der Waals surface area (Å²) in [6, 6.07) is 4.74. The standard InChI is InChI=1S/C15H14F3NO2/c1-20-13-6-9(11(17)7-14(13)21-2)15(19)8-3-4-10(16)12(18)5-8/h3-7,15H,19H2,1-2H3. The highest BCUT2D eigenvalue weighted by atomic mass is 19.2. The molecule has 2 rings (SSSR count). The zero-order chi connectivity index (χ0) is 15.6. The van der Waals surface area contributed by atoms with Crippen molar-refractivity contribution in [2.75, 3.05) is 14.2 Å². The van der Waals surface area contributed by atoms with E-state index in [1.54, 1.807) is 0 Å². The van der Waals surface area contributed by atoms with E-state index >= 15 is 0 Å². The maximum Gasteiger partial charge on any atom is 0.163 e. The first-order valence-corrected chi connectivity index (χ1v) is 6.10. The van der Waals surface area contributed by atoms with E-state index in [2.05, 4.69) is 0 Å². The van der Waals surface area contributed by atoms with Crippen LogP contribution in [0.15, 0.2) is 30.3 Å². The lowest BCUT2D eigenvalue weighted by atomic mass is 9.98. The van der Waals surface area contributed by atoms with Crippen LogP contribution in [0, 0.1) is 17.5 Å². The van der Waals surface area contributed by atoms with Crippen LogP contribution in [0.2, 0.25) is 0 Å². The number of hydrogen-bond donors (Lipinski definition) is 1. The molecule has 0 saturated carbocycles. The molecule has 2 aromatic rings. The summed E-state index contributed by atoms with van der Waals surface area (Å²) >= 11 is 0. The van der Waals surface area contributed by atoms with Gasteiger partial charge < -0.3 is 15.2 Å². The molecule has 0 aliphatic carbocycles. The van der Waals surface area contributed by atoms with E-state index in [0.29, 0.717) is 5.75 Å². The molecular weight excluding hydrogens is 283 g/mol. The first-order chi connectivity index (χ1) is 9.97. The van der Waals surface area contributed by atoms with Crippen molar-refractivity contribution < 1.29 is 22.6 Å². The number of nitrogens with two attached hydrogens (primary N) is 1. The smallest absolute Gasteiger partial charge is 0.163 e. The quantitative estimate of drug-likeness (QED) is 0.942. The predicted octanol–water partition coefficient (Wildman–Crippen LogP) is 3.17. The van der Waals surface area contributed by atoms with Crippen molar-refractivity contribution in [1.82, 2.24) is 0 Å². The van der Waals surface area contributed by atoms with Gasteiger partial charge in [0, 0.05) is 11.6 Å². The molecule has 0 spiro atoms. The third-order valence-electron chi connectivity index (χ3n) is 3.14. The van der Waals surface area contributed by atoms with Crippen LogP contribution in [0.25, 0.3) is 0 Å². The third kappa shape index (κ3) is 2.95. The summed E-state index contributed by atoms with van der Waals surface area (Å²) in [5.41, 5.74) is 6.27. The summed E-state index contributed by atoms with van der Waals surface area (Å²) in [6.45, 7) is 0. The normalized spacial score (nSPS) is 12.1. The van der Waals surface area contributed by atoms with Gasteiger partial charge in [-0.05, 0) is 23.8 Å². The molecule has 1 atom stereocenters. The van der Waals surface area contributed by atoms with Gasteiger partial charge in [-0.3, -0.25) is 0 Å². The van der Waals surface area contributed by atoms with E-state index in [4.69, 9.17) is 15.2 Å². The zero-order valence-corrected chi connectivity index (χ0v) is 11.5. The molecule has 0 bridgehead atoms. The Labute approximate surface area is 120 Å². The van der Waals surface area contributed by atoms with Gasteiger partial charge in [-0.2, -0.15) is 0 Å². The highest BCUT2D eigenvalue weighted by molar-refractivity contribution is 5.46. The lowest BCUT2D eigenvalue weighted by Crippen LogP contribution is -2.14. The summed E-state index contributed by atoms with van der Waals surface area (Å²) in [5.74, 6) is -2.13. The Morgan fingerprint density at radius 2 is 1.48 bits per heavy atom. The van der Waals surface area contributed by atoms with Gasteiger partial charge in [-0.1, -0.05) is 6.07 Å². The second kappa shape index (κ2) is 6.05. The van der Waals surface area contributed by atoms with Gasteiger partial charge in [-0.15, -0.1) is 0 Å². The van der Waals surface area contributed by atoms with Crippen LogP contribution in [0.3, 0.4) is 0 Å². The Morgan fingerprint density at radius 1 is 0.857 bits per heavy atom. The molecule has 0 aliphatic rings. The van der Waals surface area contributed by atoms with Gasteiger partial charge in [-0.25, -0.2) is 13.2 Å². The largest absolute Gasteiger partial charge is 0.493 e. The number of hydrogen-bond acceptors (Lipinski definition) is 3. The first kappa shape index (κ1) is 15.2. The van der Waals surface area contributed by atoms with Crippen molar-refractivity contribution in [2.24, 2.45) is 5.73 Å². The van der Waals surface area contributed by atoms with Crippen molar-refractivity contribution in [1.29, 1.82) is 0 Å². The van der Waals surface area contributed by atoms with E-state index in [1.807, 2.05) is 0 Å². The van der Waals surface area contributed by atoms with Crippen LogP contribution in [0.4, 0.5) is 13.2 Å². The topological polar surface area (TPSA) is 44.5 Å². The fourth-order valence-corrected chi connectivity index (χ4v) is 1.99. The number of rotatable bonds is 4. The number of ether oxygens (including phenoxy) is 2. The fraction of sp³-hybridized carbons (Fsp3) is 0.200. The van der Waals surface area contributed by atoms with Crippen molar-refractivity contribution in [2.45, 2.75) is 6.04 Å². The van der Waals surface area contributed by atoms with Crippen LogP contribution in [0.1, 0.15) is 17.2 Å². The minimum absolute atomic E-state index is 0.0960. The van der Waals surface area contributed by atoms with E-state index in [9.17, 15) is 13.2 Å². The SMILES string of the molecule is COc1cc(F)c(C(N)c2ccc(F)c(F)c2)cc1OC. The lowest BCUT2D eigenvalue weighted by Gasteiger charge is -2.16. The van der Waals surface area contributed by atoms with Crippen molar-refractivity contribution in [3.8, 4) is 11.5 Å². The van der Waals surface area contributed by atoms with Crippen LogP contribution < -0.4 is 15.2 Å². The Morgan fingerprint density at radius 3 is 2.05 bits per heavy atom. The second-order valence-electron chi connectivity index (χ2n) is 4.38. The van der Waals surface area contributed by atoms with E-state index in [-0.39, 0.29) is 16.9 Å². The van der Waals surface area contributed by atoms with Crippen molar-refractivity contribution in [3.05, 3.63) is 58.9 Å². The molecule has 0 aliphatic heterocycles. The van der Waals surface area contributed by atoms with Gasteiger partial charge in [0.2, 0.25) is 0 Å². The molecule has 0 heterocycles. The number of halogens is 3. The highest BCUT2D eigenvalue weighted by Crippen LogP contribution is 2.33. The summed E-state index contributed by atoms with van der Waals surface area (Å²) in [4.78, 5) is 0. The molecule has 112 valence electrons. The average Bonchev–Trinajstić information content (AvgIpc) is 2.49.